The van der Waals surface area contributed by atoms with E-state index in [9.17, 15) is 9.18 Å². The maximum atomic E-state index is 13.4. The summed E-state index contributed by atoms with van der Waals surface area (Å²) >= 11 is 0. The lowest BCUT2D eigenvalue weighted by molar-refractivity contribution is 0.209. The van der Waals surface area contributed by atoms with Gasteiger partial charge in [0.2, 0.25) is 0 Å². The fourth-order valence-electron chi connectivity index (χ4n) is 2.03. The van der Waals surface area contributed by atoms with Gasteiger partial charge in [0.25, 0.3) is 0 Å². The second-order valence-electron chi connectivity index (χ2n) is 5.28. The van der Waals surface area contributed by atoms with Crippen molar-refractivity contribution in [2.24, 2.45) is 5.92 Å². The van der Waals surface area contributed by atoms with Crippen LogP contribution in [-0.4, -0.2) is 24.0 Å². The van der Waals surface area contributed by atoms with Gasteiger partial charge in [0.1, 0.15) is 5.82 Å². The van der Waals surface area contributed by atoms with Gasteiger partial charge >= 0.3 is 6.03 Å². The molecule has 1 aromatic carbocycles. The highest BCUT2D eigenvalue weighted by Gasteiger charge is 2.26. The van der Waals surface area contributed by atoms with Crippen molar-refractivity contribution in [1.82, 2.24) is 4.90 Å². The van der Waals surface area contributed by atoms with Crippen molar-refractivity contribution >= 4 is 11.7 Å². The number of nitrogens with zero attached hydrogens (tertiary/aromatic N) is 1. The zero-order valence-electron chi connectivity index (χ0n) is 11.6. The molecule has 0 bridgehead atoms. The molecule has 1 fully saturated rings. The number of amides is 2. The molecule has 104 valence electrons. The molecule has 1 aliphatic carbocycles. The fourth-order valence-corrected chi connectivity index (χ4v) is 2.03. The van der Waals surface area contributed by atoms with Crippen molar-refractivity contribution in [1.29, 1.82) is 0 Å². The van der Waals surface area contributed by atoms with Crippen LogP contribution in [0, 0.1) is 18.7 Å². The first-order chi connectivity index (χ1) is 9.10. The van der Waals surface area contributed by atoms with Gasteiger partial charge in [0, 0.05) is 18.8 Å². The zero-order valence-corrected chi connectivity index (χ0v) is 11.6. The number of urea groups is 1. The standard InChI is InChI=1S/C15H21FN2O/c1-3-8-18(10-12-5-6-12)15(19)17-13-7-4-11(2)14(16)9-13/h4,7,9,12H,3,5-6,8,10H2,1-2H3,(H,17,19). The second kappa shape index (κ2) is 6.04. The highest BCUT2D eigenvalue weighted by atomic mass is 19.1. The molecule has 1 aliphatic rings. The molecule has 0 atom stereocenters. The van der Waals surface area contributed by atoms with E-state index in [1.54, 1.807) is 19.1 Å². The van der Waals surface area contributed by atoms with E-state index in [1.807, 2.05) is 4.90 Å². The van der Waals surface area contributed by atoms with Crippen LogP contribution in [0.2, 0.25) is 0 Å². The van der Waals surface area contributed by atoms with E-state index in [-0.39, 0.29) is 11.8 Å². The van der Waals surface area contributed by atoms with Gasteiger partial charge in [-0.25, -0.2) is 9.18 Å². The average molecular weight is 264 g/mol. The fraction of sp³-hybridized carbons (Fsp3) is 0.533. The molecule has 0 aliphatic heterocycles. The van der Waals surface area contributed by atoms with Crippen LogP contribution in [0.5, 0.6) is 0 Å². The normalized spacial score (nSPS) is 14.3. The van der Waals surface area contributed by atoms with Crippen LogP contribution in [-0.2, 0) is 0 Å². The average Bonchev–Trinajstić information content (AvgIpc) is 3.17. The smallest absolute Gasteiger partial charge is 0.321 e. The minimum absolute atomic E-state index is 0.128. The Morgan fingerprint density at radius 3 is 2.79 bits per heavy atom. The van der Waals surface area contributed by atoms with Crippen LogP contribution in [0.25, 0.3) is 0 Å². The molecule has 4 heteroatoms. The quantitative estimate of drug-likeness (QED) is 0.862. The lowest BCUT2D eigenvalue weighted by Gasteiger charge is -2.22. The predicted octanol–water partition coefficient (Wildman–Crippen LogP) is 3.79. The molecule has 2 rings (SSSR count). The summed E-state index contributed by atoms with van der Waals surface area (Å²) in [5.41, 5.74) is 1.10. The number of rotatable bonds is 5. The van der Waals surface area contributed by atoms with Crippen LogP contribution >= 0.6 is 0 Å². The van der Waals surface area contributed by atoms with Crippen molar-refractivity contribution < 1.29 is 9.18 Å². The minimum atomic E-state index is -0.290. The number of carbonyl (C=O) groups excluding carboxylic acids is 1. The van der Waals surface area contributed by atoms with Crippen molar-refractivity contribution in [3.05, 3.63) is 29.6 Å². The lowest BCUT2D eigenvalue weighted by atomic mass is 10.2. The molecule has 19 heavy (non-hydrogen) atoms. The molecule has 0 saturated heterocycles. The largest absolute Gasteiger partial charge is 0.324 e. The van der Waals surface area contributed by atoms with Crippen LogP contribution in [0.3, 0.4) is 0 Å². The molecule has 0 spiro atoms. The van der Waals surface area contributed by atoms with E-state index < -0.39 is 0 Å². The number of halogens is 1. The molecule has 0 unspecified atom stereocenters. The SMILES string of the molecule is CCCN(CC1CC1)C(=O)Nc1ccc(C)c(F)c1. The highest BCUT2D eigenvalue weighted by molar-refractivity contribution is 5.89. The molecule has 2 amide bonds. The van der Waals surface area contributed by atoms with Crippen LogP contribution in [0.15, 0.2) is 18.2 Å². The number of carbonyl (C=O) groups is 1. The first-order valence-corrected chi connectivity index (χ1v) is 6.92. The first-order valence-electron chi connectivity index (χ1n) is 6.92. The third-order valence-corrected chi connectivity index (χ3v) is 3.38. The summed E-state index contributed by atoms with van der Waals surface area (Å²) < 4.78 is 13.4. The van der Waals surface area contributed by atoms with Gasteiger partial charge in [-0.2, -0.15) is 0 Å². The van der Waals surface area contributed by atoms with Crippen molar-refractivity contribution in [3.8, 4) is 0 Å². The topological polar surface area (TPSA) is 32.3 Å². The molecular weight excluding hydrogens is 243 g/mol. The highest BCUT2D eigenvalue weighted by Crippen LogP contribution is 2.30. The van der Waals surface area contributed by atoms with E-state index >= 15 is 0 Å². The molecule has 0 radical (unpaired) electrons. The van der Waals surface area contributed by atoms with Gasteiger partial charge in [-0.3, -0.25) is 0 Å². The van der Waals surface area contributed by atoms with Crippen LogP contribution in [0.4, 0.5) is 14.9 Å². The van der Waals surface area contributed by atoms with Gasteiger partial charge in [-0.05, 0) is 49.8 Å². The van der Waals surface area contributed by atoms with Crippen LogP contribution in [0.1, 0.15) is 31.7 Å². The van der Waals surface area contributed by atoms with Gasteiger partial charge in [-0.15, -0.1) is 0 Å². The molecule has 1 N–H and O–H groups in total. The maximum absolute atomic E-state index is 13.4. The molecule has 1 saturated carbocycles. The Hall–Kier alpha value is -1.58. The number of nitrogens with one attached hydrogen (secondary N) is 1. The first kappa shape index (κ1) is 13.8. The molecule has 0 aromatic heterocycles. The van der Waals surface area contributed by atoms with Crippen LogP contribution < -0.4 is 5.32 Å². The van der Waals surface area contributed by atoms with Crippen molar-refractivity contribution in [2.45, 2.75) is 33.1 Å². The van der Waals surface area contributed by atoms with E-state index in [2.05, 4.69) is 12.2 Å². The number of hydrogen-bond donors (Lipinski definition) is 1. The van der Waals surface area contributed by atoms with E-state index in [4.69, 9.17) is 0 Å². The Labute approximate surface area is 113 Å². The molecule has 0 heterocycles. The summed E-state index contributed by atoms with van der Waals surface area (Å²) in [6.07, 6.45) is 3.36. The van der Waals surface area contributed by atoms with Crippen molar-refractivity contribution in [2.75, 3.05) is 18.4 Å². The summed E-state index contributed by atoms with van der Waals surface area (Å²) in [5.74, 6) is 0.370. The third kappa shape index (κ3) is 3.94. The second-order valence-corrected chi connectivity index (χ2v) is 5.28. The molecular formula is C15H21FN2O. The van der Waals surface area contributed by atoms with Gasteiger partial charge < -0.3 is 10.2 Å². The number of aryl methyl sites for hydroxylation is 1. The Morgan fingerprint density at radius 1 is 1.47 bits per heavy atom. The molecule has 3 nitrogen and oxygen atoms in total. The van der Waals surface area contributed by atoms with Gasteiger partial charge in [0.05, 0.1) is 0 Å². The van der Waals surface area contributed by atoms with E-state index in [1.165, 1.54) is 18.9 Å². The van der Waals surface area contributed by atoms with Gasteiger partial charge in [-0.1, -0.05) is 13.0 Å². The Bertz CT molecular complexity index is 457. The third-order valence-electron chi connectivity index (χ3n) is 3.38. The summed E-state index contributed by atoms with van der Waals surface area (Å²) in [5, 5.41) is 2.78. The Balaban J connectivity index is 1.98. The van der Waals surface area contributed by atoms with E-state index in [0.29, 0.717) is 17.2 Å². The summed E-state index contributed by atoms with van der Waals surface area (Å²) in [7, 11) is 0. The predicted molar refractivity (Wildman–Crippen MR) is 74.7 cm³/mol. The lowest BCUT2D eigenvalue weighted by Crippen LogP contribution is -2.37. The Kier molecular flexibility index (Phi) is 4.40. The number of anilines is 1. The molecule has 1 aromatic rings. The maximum Gasteiger partial charge on any atom is 0.321 e. The van der Waals surface area contributed by atoms with E-state index in [0.717, 1.165) is 19.5 Å². The zero-order chi connectivity index (χ0) is 13.8. The number of benzene rings is 1. The van der Waals surface area contributed by atoms with Gasteiger partial charge in [0.15, 0.2) is 0 Å². The monoisotopic (exact) mass is 264 g/mol. The number of hydrogen-bond acceptors (Lipinski definition) is 1. The summed E-state index contributed by atoms with van der Waals surface area (Å²) in [6.45, 7) is 5.32. The minimum Gasteiger partial charge on any atom is -0.324 e. The summed E-state index contributed by atoms with van der Waals surface area (Å²) in [4.78, 5) is 14.0. The van der Waals surface area contributed by atoms with Crippen molar-refractivity contribution in [3.63, 3.8) is 0 Å². The summed E-state index contributed by atoms with van der Waals surface area (Å²) in [6, 6.07) is 4.65. The Morgan fingerprint density at radius 2 is 2.21 bits per heavy atom.